The Morgan fingerprint density at radius 3 is 2.70 bits per heavy atom. The summed E-state index contributed by atoms with van der Waals surface area (Å²) in [5.74, 6) is 1.18. The molecular weight excluding hydrogens is 396 g/mol. The molecule has 2 aromatic carbocycles. The minimum absolute atomic E-state index is 0.194. The van der Waals surface area contributed by atoms with Crippen LogP contribution in [0.4, 0.5) is 11.5 Å². The number of fused-ring (bicyclic) bond motifs is 2. The van der Waals surface area contributed by atoms with E-state index in [4.69, 9.17) is 10.7 Å². The molecule has 1 aromatic heterocycles. The second-order valence-corrected chi connectivity index (χ2v) is 10.5. The van der Waals surface area contributed by atoms with Crippen LogP contribution in [0, 0.1) is 6.92 Å². The highest BCUT2D eigenvalue weighted by molar-refractivity contribution is 8.24. The van der Waals surface area contributed by atoms with Gasteiger partial charge in [0.1, 0.15) is 5.82 Å². The van der Waals surface area contributed by atoms with Crippen LogP contribution in [0.1, 0.15) is 17.5 Å². The third kappa shape index (κ3) is 3.41. The molecule has 1 fully saturated rings. The molecule has 30 heavy (non-hydrogen) atoms. The number of pyridine rings is 1. The SMILES string of the molecule is Cc1cccc2c(N3CCC(N)C3)cc(N3CCS(O)(O)c4ccccc4C3)nc12. The zero-order valence-corrected chi connectivity index (χ0v) is 18.0. The van der Waals surface area contributed by atoms with Gasteiger partial charge >= 0.3 is 0 Å². The summed E-state index contributed by atoms with van der Waals surface area (Å²) in [6.07, 6.45) is 0.989. The van der Waals surface area contributed by atoms with E-state index in [2.05, 4.69) is 41.0 Å². The fourth-order valence-electron chi connectivity index (χ4n) is 4.57. The summed E-state index contributed by atoms with van der Waals surface area (Å²) in [4.78, 5) is 10.2. The lowest BCUT2D eigenvalue weighted by Crippen LogP contribution is -2.28. The summed E-state index contributed by atoms with van der Waals surface area (Å²) < 4.78 is 21.4. The Morgan fingerprint density at radius 1 is 1.07 bits per heavy atom. The van der Waals surface area contributed by atoms with Crippen LogP contribution in [-0.4, -0.2) is 45.5 Å². The van der Waals surface area contributed by atoms with Gasteiger partial charge in [-0.25, -0.2) is 4.98 Å². The molecule has 0 radical (unpaired) electrons. The predicted octanol–water partition coefficient (Wildman–Crippen LogP) is 4.21. The third-order valence-electron chi connectivity index (χ3n) is 6.23. The smallest absolute Gasteiger partial charge is 0.131 e. The fourth-order valence-corrected chi connectivity index (χ4v) is 6.12. The molecule has 4 N–H and O–H groups in total. The first kappa shape index (κ1) is 19.6. The fraction of sp³-hybridized carbons (Fsp3) is 0.348. The highest BCUT2D eigenvalue weighted by Crippen LogP contribution is 2.51. The van der Waals surface area contributed by atoms with Crippen molar-refractivity contribution in [1.29, 1.82) is 0 Å². The molecule has 0 saturated carbocycles. The number of nitrogens with zero attached hydrogens (tertiary/aromatic N) is 3. The average molecular weight is 425 g/mol. The molecule has 5 rings (SSSR count). The Morgan fingerprint density at radius 2 is 1.90 bits per heavy atom. The number of nitrogens with two attached hydrogens (primary N) is 1. The number of rotatable bonds is 2. The summed E-state index contributed by atoms with van der Waals surface area (Å²) in [6.45, 7) is 5.02. The first-order valence-electron chi connectivity index (χ1n) is 10.4. The minimum Gasteiger partial charge on any atom is -0.369 e. The number of hydrogen-bond acceptors (Lipinski definition) is 6. The molecule has 7 heteroatoms. The number of aromatic nitrogens is 1. The summed E-state index contributed by atoms with van der Waals surface area (Å²) in [5, 5.41) is 1.15. The van der Waals surface area contributed by atoms with Gasteiger partial charge in [0.25, 0.3) is 0 Å². The van der Waals surface area contributed by atoms with Gasteiger partial charge in [-0.05, 0) is 30.5 Å². The van der Waals surface area contributed by atoms with Gasteiger partial charge in [0.2, 0.25) is 0 Å². The Bertz CT molecular complexity index is 1100. The maximum absolute atomic E-state index is 10.7. The van der Waals surface area contributed by atoms with Crippen LogP contribution < -0.4 is 15.5 Å². The molecule has 1 unspecified atom stereocenters. The first-order valence-corrected chi connectivity index (χ1v) is 12.1. The molecule has 0 aliphatic carbocycles. The molecular formula is C23H28N4O2S. The van der Waals surface area contributed by atoms with Gasteiger partial charge in [-0.1, -0.05) is 36.4 Å². The lowest BCUT2D eigenvalue weighted by Gasteiger charge is -2.32. The molecule has 6 nitrogen and oxygen atoms in total. The van der Waals surface area contributed by atoms with Gasteiger partial charge < -0.3 is 15.5 Å². The van der Waals surface area contributed by atoms with Crippen molar-refractivity contribution in [3.63, 3.8) is 0 Å². The van der Waals surface area contributed by atoms with E-state index in [1.54, 1.807) is 0 Å². The summed E-state index contributed by atoms with van der Waals surface area (Å²) >= 11 is 0. The van der Waals surface area contributed by atoms with Crippen LogP contribution in [0.5, 0.6) is 0 Å². The van der Waals surface area contributed by atoms with Crippen LogP contribution in [0.2, 0.25) is 0 Å². The molecule has 3 aromatic rings. The minimum atomic E-state index is -2.80. The number of aryl methyl sites for hydroxylation is 1. The maximum Gasteiger partial charge on any atom is 0.131 e. The van der Waals surface area contributed by atoms with Gasteiger partial charge in [-0.2, -0.15) is 10.6 Å². The molecule has 2 aliphatic rings. The summed E-state index contributed by atoms with van der Waals surface area (Å²) in [5.41, 5.74) is 10.4. The molecule has 3 heterocycles. The van der Waals surface area contributed by atoms with Crippen molar-refractivity contribution in [2.24, 2.45) is 5.73 Å². The van der Waals surface area contributed by atoms with E-state index in [9.17, 15) is 9.11 Å². The van der Waals surface area contributed by atoms with Crippen molar-refractivity contribution < 1.29 is 9.11 Å². The van der Waals surface area contributed by atoms with Crippen LogP contribution in [0.15, 0.2) is 53.4 Å². The monoisotopic (exact) mass is 424 g/mol. The highest BCUT2D eigenvalue weighted by Gasteiger charge is 2.28. The lowest BCUT2D eigenvalue weighted by molar-refractivity contribution is 0.488. The van der Waals surface area contributed by atoms with E-state index < -0.39 is 10.6 Å². The van der Waals surface area contributed by atoms with E-state index in [0.717, 1.165) is 53.0 Å². The van der Waals surface area contributed by atoms with Crippen LogP contribution >= 0.6 is 10.6 Å². The van der Waals surface area contributed by atoms with E-state index in [1.807, 2.05) is 24.3 Å². The van der Waals surface area contributed by atoms with E-state index in [0.29, 0.717) is 23.7 Å². The Kier molecular flexibility index (Phi) is 4.86. The molecule has 0 spiro atoms. The molecule has 158 valence electrons. The lowest BCUT2D eigenvalue weighted by atomic mass is 10.1. The largest absolute Gasteiger partial charge is 0.369 e. The molecule has 1 atom stereocenters. The average Bonchev–Trinajstić information content (AvgIpc) is 3.11. The normalized spacial score (nSPS) is 22.1. The Labute approximate surface area is 178 Å². The van der Waals surface area contributed by atoms with E-state index in [-0.39, 0.29) is 6.04 Å². The van der Waals surface area contributed by atoms with Crippen molar-refractivity contribution in [1.82, 2.24) is 4.98 Å². The molecule has 2 aliphatic heterocycles. The van der Waals surface area contributed by atoms with Crippen molar-refractivity contribution in [2.75, 3.05) is 35.2 Å². The standard InChI is InChI=1S/C23H28N4O2S/c1-16-5-4-7-19-20(26-10-9-18(24)15-26)13-22(25-23(16)19)27-11-12-30(28,29)21-8-3-2-6-17(21)14-27/h2-8,13,18,28-29H,9-12,14-15,24H2,1H3. The van der Waals surface area contributed by atoms with Gasteiger partial charge in [0.05, 0.1) is 16.2 Å². The van der Waals surface area contributed by atoms with E-state index >= 15 is 0 Å². The second kappa shape index (κ2) is 7.42. The summed E-state index contributed by atoms with van der Waals surface area (Å²) in [7, 11) is -2.80. The quantitative estimate of drug-likeness (QED) is 0.571. The van der Waals surface area contributed by atoms with Crippen LogP contribution in [-0.2, 0) is 6.54 Å². The van der Waals surface area contributed by atoms with E-state index in [1.165, 1.54) is 0 Å². The van der Waals surface area contributed by atoms with Gasteiger partial charge in [-0.3, -0.25) is 9.11 Å². The summed E-state index contributed by atoms with van der Waals surface area (Å²) in [6, 6.07) is 16.3. The Balaban J connectivity index is 1.62. The number of benzene rings is 2. The van der Waals surface area contributed by atoms with Crippen molar-refractivity contribution in [3.05, 3.63) is 59.7 Å². The zero-order valence-electron chi connectivity index (χ0n) is 17.2. The van der Waals surface area contributed by atoms with Gasteiger partial charge in [0, 0.05) is 49.4 Å². The molecule has 0 bridgehead atoms. The van der Waals surface area contributed by atoms with Crippen LogP contribution in [0.3, 0.4) is 0 Å². The highest BCUT2D eigenvalue weighted by atomic mass is 32.3. The Hall–Kier alpha value is -2.32. The van der Waals surface area contributed by atoms with Crippen LogP contribution in [0.25, 0.3) is 10.9 Å². The second-order valence-electron chi connectivity index (χ2n) is 8.37. The van der Waals surface area contributed by atoms with Gasteiger partial charge in [-0.15, -0.1) is 0 Å². The maximum atomic E-state index is 10.7. The third-order valence-corrected chi connectivity index (χ3v) is 8.08. The number of anilines is 2. The first-order chi connectivity index (χ1) is 14.4. The number of para-hydroxylation sites is 1. The van der Waals surface area contributed by atoms with Crippen molar-refractivity contribution >= 4 is 33.0 Å². The van der Waals surface area contributed by atoms with Crippen molar-refractivity contribution in [2.45, 2.75) is 30.8 Å². The topological polar surface area (TPSA) is 85.9 Å². The molecule has 1 saturated heterocycles. The van der Waals surface area contributed by atoms with Gasteiger partial charge in [0.15, 0.2) is 0 Å². The zero-order chi connectivity index (χ0) is 20.9. The van der Waals surface area contributed by atoms with Crippen molar-refractivity contribution in [3.8, 4) is 0 Å². The predicted molar refractivity (Wildman–Crippen MR) is 125 cm³/mol. The molecule has 0 amide bonds. The number of hydrogen-bond donors (Lipinski definition) is 3.